The summed E-state index contributed by atoms with van der Waals surface area (Å²) < 4.78 is 5.04. The molecule has 1 aliphatic heterocycles. The van der Waals surface area contributed by atoms with Gasteiger partial charge in [-0.25, -0.2) is 0 Å². The first kappa shape index (κ1) is 8.56. The van der Waals surface area contributed by atoms with Crippen LogP contribution in [0.4, 0.5) is 0 Å². The number of rotatable bonds is 1. The SMILES string of the molecule is CC=C1COB(O)C1=CCC. The maximum atomic E-state index is 9.29. The standard InChI is InChI=1S/C8H13BO2/c1-3-5-8-7(4-2)6-11-9(8)10/h4-5,10H,3,6H2,1-2H3. The third kappa shape index (κ3) is 1.73. The lowest BCUT2D eigenvalue weighted by Gasteiger charge is -1.96. The topological polar surface area (TPSA) is 29.5 Å². The molecule has 0 spiro atoms. The Bertz CT molecular complexity index is 196. The fourth-order valence-electron chi connectivity index (χ4n) is 1.20. The van der Waals surface area contributed by atoms with Crippen molar-refractivity contribution in [3.8, 4) is 0 Å². The van der Waals surface area contributed by atoms with Crippen molar-refractivity contribution in [2.24, 2.45) is 0 Å². The summed E-state index contributed by atoms with van der Waals surface area (Å²) in [5, 5.41) is 9.29. The Morgan fingerprint density at radius 1 is 1.73 bits per heavy atom. The molecule has 1 rings (SSSR count). The van der Waals surface area contributed by atoms with Gasteiger partial charge in [-0.3, -0.25) is 0 Å². The lowest BCUT2D eigenvalue weighted by Crippen LogP contribution is -2.12. The van der Waals surface area contributed by atoms with Crippen LogP contribution in [0.5, 0.6) is 0 Å². The van der Waals surface area contributed by atoms with Crippen molar-refractivity contribution in [2.75, 3.05) is 6.61 Å². The Morgan fingerprint density at radius 3 is 3.00 bits per heavy atom. The summed E-state index contributed by atoms with van der Waals surface area (Å²) in [7, 11) is -0.693. The van der Waals surface area contributed by atoms with Crippen LogP contribution in [0.1, 0.15) is 20.3 Å². The Morgan fingerprint density at radius 2 is 2.45 bits per heavy atom. The third-order valence-electron chi connectivity index (χ3n) is 1.81. The minimum atomic E-state index is -0.693. The molecule has 2 nitrogen and oxygen atoms in total. The van der Waals surface area contributed by atoms with E-state index in [1.54, 1.807) is 0 Å². The van der Waals surface area contributed by atoms with E-state index in [1.807, 2.05) is 26.0 Å². The fraction of sp³-hybridized carbons (Fsp3) is 0.500. The normalized spacial score (nSPS) is 25.5. The molecule has 1 N–H and O–H groups in total. The summed E-state index contributed by atoms with van der Waals surface area (Å²) in [6.07, 6.45) is 4.93. The highest BCUT2D eigenvalue weighted by Gasteiger charge is 2.28. The van der Waals surface area contributed by atoms with Crippen molar-refractivity contribution < 1.29 is 9.68 Å². The second kappa shape index (κ2) is 3.74. The molecule has 0 unspecified atom stereocenters. The number of hydrogen-bond acceptors (Lipinski definition) is 2. The smallest absolute Gasteiger partial charge is 0.423 e. The molecule has 0 aromatic heterocycles. The van der Waals surface area contributed by atoms with Crippen LogP contribution in [0, 0.1) is 0 Å². The van der Waals surface area contributed by atoms with Gasteiger partial charge in [0, 0.05) is 0 Å². The Labute approximate surface area is 67.7 Å². The maximum Gasteiger partial charge on any atom is 0.491 e. The zero-order valence-electron chi connectivity index (χ0n) is 7.00. The van der Waals surface area contributed by atoms with E-state index in [9.17, 15) is 5.02 Å². The summed E-state index contributed by atoms with van der Waals surface area (Å²) in [5.41, 5.74) is 2.05. The maximum absolute atomic E-state index is 9.29. The summed E-state index contributed by atoms with van der Waals surface area (Å²) in [4.78, 5) is 0. The molecule has 0 bridgehead atoms. The first-order valence-corrected chi connectivity index (χ1v) is 3.94. The van der Waals surface area contributed by atoms with Gasteiger partial charge in [0.25, 0.3) is 0 Å². The van der Waals surface area contributed by atoms with Crippen LogP contribution in [0.25, 0.3) is 0 Å². The van der Waals surface area contributed by atoms with Crippen molar-refractivity contribution in [2.45, 2.75) is 20.3 Å². The highest BCUT2D eigenvalue weighted by Crippen LogP contribution is 2.21. The lowest BCUT2D eigenvalue weighted by molar-refractivity contribution is 0.316. The molecule has 1 saturated heterocycles. The van der Waals surface area contributed by atoms with Crippen LogP contribution in [-0.2, 0) is 4.65 Å². The molecule has 60 valence electrons. The van der Waals surface area contributed by atoms with E-state index in [-0.39, 0.29) is 0 Å². The van der Waals surface area contributed by atoms with E-state index >= 15 is 0 Å². The van der Waals surface area contributed by atoms with Gasteiger partial charge in [0.05, 0.1) is 6.61 Å². The van der Waals surface area contributed by atoms with Gasteiger partial charge in [-0.2, -0.15) is 0 Å². The van der Waals surface area contributed by atoms with Crippen LogP contribution in [0.15, 0.2) is 23.2 Å². The molecule has 0 saturated carbocycles. The molecule has 0 atom stereocenters. The van der Waals surface area contributed by atoms with E-state index in [4.69, 9.17) is 4.65 Å². The van der Waals surface area contributed by atoms with Gasteiger partial charge in [-0.1, -0.05) is 19.1 Å². The van der Waals surface area contributed by atoms with E-state index in [0.717, 1.165) is 17.5 Å². The summed E-state index contributed by atoms with van der Waals surface area (Å²) in [6.45, 7) is 4.55. The molecule has 0 radical (unpaired) electrons. The van der Waals surface area contributed by atoms with Crippen molar-refractivity contribution in [1.29, 1.82) is 0 Å². The fourth-order valence-corrected chi connectivity index (χ4v) is 1.20. The summed E-state index contributed by atoms with van der Waals surface area (Å²) in [5.74, 6) is 0. The molecule has 1 fully saturated rings. The van der Waals surface area contributed by atoms with Gasteiger partial charge >= 0.3 is 7.12 Å². The number of hydrogen-bond donors (Lipinski definition) is 1. The van der Waals surface area contributed by atoms with E-state index < -0.39 is 7.12 Å². The van der Waals surface area contributed by atoms with Gasteiger partial charge in [0.1, 0.15) is 0 Å². The van der Waals surface area contributed by atoms with Gasteiger partial charge < -0.3 is 9.68 Å². The molecule has 0 aromatic rings. The molecular formula is C8H13BO2. The van der Waals surface area contributed by atoms with Gasteiger partial charge in [0.2, 0.25) is 0 Å². The van der Waals surface area contributed by atoms with Crippen molar-refractivity contribution >= 4 is 7.12 Å². The molecule has 1 heterocycles. The predicted molar refractivity (Wildman–Crippen MR) is 46.1 cm³/mol. The van der Waals surface area contributed by atoms with Crippen LogP contribution >= 0.6 is 0 Å². The number of allylic oxidation sites excluding steroid dienone is 2. The van der Waals surface area contributed by atoms with Crippen LogP contribution in [0.2, 0.25) is 0 Å². The molecular weight excluding hydrogens is 139 g/mol. The van der Waals surface area contributed by atoms with Gasteiger partial charge in [0.15, 0.2) is 0 Å². The Hall–Kier alpha value is -0.535. The monoisotopic (exact) mass is 152 g/mol. The van der Waals surface area contributed by atoms with Crippen molar-refractivity contribution in [1.82, 2.24) is 0 Å². The second-order valence-corrected chi connectivity index (χ2v) is 2.54. The second-order valence-electron chi connectivity index (χ2n) is 2.54. The molecule has 11 heavy (non-hydrogen) atoms. The minimum absolute atomic E-state index is 0.545. The lowest BCUT2D eigenvalue weighted by atomic mass is 9.77. The quantitative estimate of drug-likeness (QED) is 0.574. The van der Waals surface area contributed by atoms with Gasteiger partial charge in [-0.15, -0.1) is 0 Å². The van der Waals surface area contributed by atoms with Crippen LogP contribution in [0.3, 0.4) is 0 Å². The highest BCUT2D eigenvalue weighted by atomic mass is 16.5. The summed E-state index contributed by atoms with van der Waals surface area (Å²) in [6, 6.07) is 0. The van der Waals surface area contributed by atoms with Gasteiger partial charge in [-0.05, 0) is 24.4 Å². The average molecular weight is 152 g/mol. The zero-order chi connectivity index (χ0) is 8.27. The molecule has 1 aliphatic rings. The molecule has 3 heteroatoms. The van der Waals surface area contributed by atoms with E-state index in [0.29, 0.717) is 6.61 Å². The predicted octanol–water partition coefficient (Wildman–Crippen LogP) is 1.32. The molecule has 0 amide bonds. The molecule has 0 aromatic carbocycles. The van der Waals surface area contributed by atoms with Crippen LogP contribution in [-0.4, -0.2) is 18.7 Å². The Kier molecular flexibility index (Phi) is 2.91. The van der Waals surface area contributed by atoms with E-state index in [1.165, 1.54) is 0 Å². The van der Waals surface area contributed by atoms with E-state index in [2.05, 4.69) is 0 Å². The first-order valence-electron chi connectivity index (χ1n) is 3.94. The Balaban J connectivity index is 2.80. The minimum Gasteiger partial charge on any atom is -0.423 e. The average Bonchev–Trinajstić information content (AvgIpc) is 2.34. The highest BCUT2D eigenvalue weighted by molar-refractivity contribution is 6.55. The van der Waals surface area contributed by atoms with Crippen molar-refractivity contribution in [3.63, 3.8) is 0 Å². The molecule has 0 aliphatic carbocycles. The summed E-state index contributed by atoms with van der Waals surface area (Å²) >= 11 is 0. The zero-order valence-corrected chi connectivity index (χ0v) is 7.00. The van der Waals surface area contributed by atoms with Crippen LogP contribution < -0.4 is 0 Å². The first-order chi connectivity index (χ1) is 5.29. The third-order valence-corrected chi connectivity index (χ3v) is 1.81. The largest absolute Gasteiger partial charge is 0.491 e. The van der Waals surface area contributed by atoms with Crippen molar-refractivity contribution in [3.05, 3.63) is 23.2 Å².